The van der Waals surface area contributed by atoms with E-state index >= 15 is 0 Å². The Labute approximate surface area is 96.1 Å². The van der Waals surface area contributed by atoms with Crippen LogP contribution in [-0.4, -0.2) is 10.9 Å². The summed E-state index contributed by atoms with van der Waals surface area (Å²) in [5, 5.41) is 0. The van der Waals surface area contributed by atoms with Crippen molar-refractivity contribution in [3.8, 4) is 0 Å². The predicted octanol–water partition coefficient (Wildman–Crippen LogP) is 2.44. The second-order valence-corrected chi connectivity index (χ2v) is 4.75. The molecule has 88 valence electrons. The third-order valence-corrected chi connectivity index (χ3v) is 2.75. The van der Waals surface area contributed by atoms with Gasteiger partial charge in [0, 0.05) is 24.5 Å². The second kappa shape index (κ2) is 4.64. The summed E-state index contributed by atoms with van der Waals surface area (Å²) < 4.78 is 1.89. The largest absolute Gasteiger partial charge is 0.353 e. The minimum absolute atomic E-state index is 0.119. The first kappa shape index (κ1) is 12.7. The molecule has 1 aromatic heterocycles. The molecule has 1 rings (SSSR count). The van der Waals surface area contributed by atoms with Crippen LogP contribution in [0.3, 0.4) is 0 Å². The molecule has 0 aliphatic rings. The first-order valence-electron chi connectivity index (χ1n) is 5.58. The highest BCUT2D eigenvalue weighted by molar-refractivity contribution is 5.74. The molecule has 0 spiro atoms. The van der Waals surface area contributed by atoms with E-state index in [1.165, 1.54) is 0 Å². The summed E-state index contributed by atoms with van der Waals surface area (Å²) in [7, 11) is 1.88. The molecule has 0 atom stereocenters. The van der Waals surface area contributed by atoms with Gasteiger partial charge in [-0.05, 0) is 11.8 Å². The first-order chi connectivity index (χ1) is 7.40. The number of aromatic nitrogens is 1. The number of carbonyl (C=O) groups excluding carboxylic acids is 1. The van der Waals surface area contributed by atoms with E-state index in [0.717, 1.165) is 11.3 Å². The zero-order chi connectivity index (χ0) is 12.5. The Morgan fingerprint density at radius 3 is 2.12 bits per heavy atom. The van der Waals surface area contributed by atoms with Crippen molar-refractivity contribution in [2.75, 3.05) is 0 Å². The molecule has 1 aromatic rings. The Kier molecular flexibility index (Phi) is 3.68. The Balaban J connectivity index is 3.68. The molecule has 0 unspecified atom stereocenters. The smallest absolute Gasteiger partial charge is 0.195 e. The third kappa shape index (κ3) is 2.08. The van der Waals surface area contributed by atoms with Gasteiger partial charge in [-0.15, -0.1) is 0 Å². The van der Waals surface area contributed by atoms with Crippen LogP contribution < -0.4 is 5.43 Å². The van der Waals surface area contributed by atoms with Gasteiger partial charge in [-0.2, -0.15) is 0 Å². The van der Waals surface area contributed by atoms with Crippen molar-refractivity contribution in [1.29, 1.82) is 0 Å². The van der Waals surface area contributed by atoms with Gasteiger partial charge in [0.2, 0.25) is 0 Å². The van der Waals surface area contributed by atoms with Gasteiger partial charge < -0.3 is 4.57 Å². The highest BCUT2D eigenvalue weighted by atomic mass is 16.1. The van der Waals surface area contributed by atoms with Gasteiger partial charge in [0.1, 0.15) is 0 Å². The summed E-state index contributed by atoms with van der Waals surface area (Å²) in [4.78, 5) is 22.9. The van der Waals surface area contributed by atoms with E-state index in [1.54, 1.807) is 6.20 Å². The van der Waals surface area contributed by atoms with E-state index in [2.05, 4.69) is 13.8 Å². The van der Waals surface area contributed by atoms with E-state index in [0.29, 0.717) is 6.29 Å². The highest BCUT2D eigenvalue weighted by Gasteiger charge is 2.18. The van der Waals surface area contributed by atoms with Crippen LogP contribution in [-0.2, 0) is 7.05 Å². The molecule has 0 aliphatic carbocycles. The maximum Gasteiger partial charge on any atom is 0.195 e. The number of rotatable bonds is 3. The van der Waals surface area contributed by atoms with Gasteiger partial charge in [-0.25, -0.2) is 0 Å². The van der Waals surface area contributed by atoms with Crippen molar-refractivity contribution in [3.05, 3.63) is 33.2 Å². The van der Waals surface area contributed by atoms with E-state index in [9.17, 15) is 9.59 Å². The van der Waals surface area contributed by atoms with Crippen LogP contribution in [0.25, 0.3) is 0 Å². The number of nitrogens with zero attached hydrogens (tertiary/aromatic N) is 1. The van der Waals surface area contributed by atoms with Crippen molar-refractivity contribution < 1.29 is 4.79 Å². The van der Waals surface area contributed by atoms with Crippen molar-refractivity contribution >= 4 is 6.29 Å². The lowest BCUT2D eigenvalue weighted by molar-refractivity contribution is 0.112. The van der Waals surface area contributed by atoms with Crippen LogP contribution in [0.2, 0.25) is 0 Å². The Hall–Kier alpha value is -1.38. The van der Waals surface area contributed by atoms with Gasteiger partial charge in [0.15, 0.2) is 11.7 Å². The van der Waals surface area contributed by atoms with E-state index in [-0.39, 0.29) is 22.8 Å². The van der Waals surface area contributed by atoms with E-state index in [4.69, 9.17) is 0 Å². The standard InChI is InChI=1S/C13H19NO2/c1-8(2)11-12(9(3)4)14(5)6-10(7-15)13(11)16/h6-9H,1-5H3. The van der Waals surface area contributed by atoms with Crippen molar-refractivity contribution in [2.45, 2.75) is 39.5 Å². The molecule has 0 fully saturated rings. The van der Waals surface area contributed by atoms with Gasteiger partial charge in [0.25, 0.3) is 0 Å². The van der Waals surface area contributed by atoms with Crippen molar-refractivity contribution in [2.24, 2.45) is 7.05 Å². The van der Waals surface area contributed by atoms with Crippen LogP contribution in [0.4, 0.5) is 0 Å². The molecule has 1 heterocycles. The summed E-state index contributed by atoms with van der Waals surface area (Å²) in [6.07, 6.45) is 2.26. The van der Waals surface area contributed by atoms with Gasteiger partial charge in [-0.3, -0.25) is 9.59 Å². The van der Waals surface area contributed by atoms with Gasteiger partial charge in [-0.1, -0.05) is 27.7 Å². The molecule has 0 saturated carbocycles. The average molecular weight is 221 g/mol. The topological polar surface area (TPSA) is 39.1 Å². The molecular weight excluding hydrogens is 202 g/mol. The Morgan fingerprint density at radius 2 is 1.75 bits per heavy atom. The summed E-state index contributed by atoms with van der Waals surface area (Å²) in [5.41, 5.74) is 1.91. The van der Waals surface area contributed by atoms with Crippen LogP contribution in [0.15, 0.2) is 11.0 Å². The Bertz CT molecular complexity index is 456. The quantitative estimate of drug-likeness (QED) is 0.735. The van der Waals surface area contributed by atoms with Gasteiger partial charge in [0.05, 0.1) is 5.56 Å². The zero-order valence-corrected chi connectivity index (χ0v) is 10.6. The number of hydrogen-bond acceptors (Lipinski definition) is 2. The summed E-state index contributed by atoms with van der Waals surface area (Å²) in [6, 6.07) is 0. The molecule has 0 radical (unpaired) electrons. The fourth-order valence-corrected chi connectivity index (χ4v) is 2.16. The molecular formula is C13H19NO2. The van der Waals surface area contributed by atoms with E-state index < -0.39 is 0 Å². The molecule has 0 bridgehead atoms. The maximum atomic E-state index is 12.1. The summed E-state index contributed by atoms with van der Waals surface area (Å²) >= 11 is 0. The summed E-state index contributed by atoms with van der Waals surface area (Å²) in [5.74, 6) is 0.409. The fraction of sp³-hybridized carbons (Fsp3) is 0.538. The molecule has 0 aromatic carbocycles. The molecule has 16 heavy (non-hydrogen) atoms. The van der Waals surface area contributed by atoms with Crippen LogP contribution in [0.1, 0.15) is 61.1 Å². The maximum absolute atomic E-state index is 12.1. The normalized spacial score (nSPS) is 11.2. The highest BCUT2D eigenvalue weighted by Crippen LogP contribution is 2.22. The minimum atomic E-state index is -0.119. The van der Waals surface area contributed by atoms with Crippen molar-refractivity contribution in [1.82, 2.24) is 4.57 Å². The van der Waals surface area contributed by atoms with Crippen LogP contribution >= 0.6 is 0 Å². The number of hydrogen-bond donors (Lipinski definition) is 0. The number of aldehydes is 1. The molecule has 0 saturated heterocycles. The third-order valence-electron chi connectivity index (χ3n) is 2.75. The van der Waals surface area contributed by atoms with Crippen molar-refractivity contribution in [3.63, 3.8) is 0 Å². The lowest BCUT2D eigenvalue weighted by atomic mass is 9.93. The molecule has 3 nitrogen and oxygen atoms in total. The molecule has 0 amide bonds. The second-order valence-electron chi connectivity index (χ2n) is 4.75. The lowest BCUT2D eigenvalue weighted by Gasteiger charge is -2.19. The molecule has 0 N–H and O–H groups in total. The lowest BCUT2D eigenvalue weighted by Crippen LogP contribution is -2.23. The van der Waals surface area contributed by atoms with E-state index in [1.807, 2.05) is 25.5 Å². The zero-order valence-electron chi connectivity index (χ0n) is 10.6. The molecule has 3 heteroatoms. The Morgan fingerprint density at radius 1 is 1.19 bits per heavy atom. The average Bonchev–Trinajstić information content (AvgIpc) is 2.19. The SMILES string of the molecule is CC(C)c1c(C(C)C)n(C)cc(C=O)c1=O. The number of pyridine rings is 1. The minimum Gasteiger partial charge on any atom is -0.353 e. The number of carbonyl (C=O) groups is 1. The van der Waals surface area contributed by atoms with Gasteiger partial charge >= 0.3 is 0 Å². The molecule has 0 aliphatic heterocycles. The van der Waals surface area contributed by atoms with Crippen LogP contribution in [0, 0.1) is 0 Å². The predicted molar refractivity (Wildman–Crippen MR) is 65.2 cm³/mol. The monoisotopic (exact) mass is 221 g/mol. The fourth-order valence-electron chi connectivity index (χ4n) is 2.16. The number of aryl methyl sites for hydroxylation is 1. The summed E-state index contributed by atoms with van der Waals surface area (Å²) in [6.45, 7) is 8.08. The first-order valence-corrected chi connectivity index (χ1v) is 5.58. The van der Waals surface area contributed by atoms with Crippen LogP contribution in [0.5, 0.6) is 0 Å².